The number of allylic oxidation sites excluding steroid dienone is 1. The first-order chi connectivity index (χ1) is 6.09. The molecule has 0 aromatic heterocycles. The molecule has 3 heteroatoms. The van der Waals surface area contributed by atoms with E-state index in [0.29, 0.717) is 0 Å². The summed E-state index contributed by atoms with van der Waals surface area (Å²) >= 11 is 15.1. The Bertz CT molecular complexity index is 321. The zero-order valence-electron chi connectivity index (χ0n) is 6.99. The molecule has 0 radical (unpaired) electrons. The second-order valence-corrected chi connectivity index (χ2v) is 4.72. The summed E-state index contributed by atoms with van der Waals surface area (Å²) < 4.78 is 0.976. The molecule has 0 aliphatic heterocycles. The van der Waals surface area contributed by atoms with Crippen LogP contribution >= 0.6 is 39.1 Å². The monoisotopic (exact) mass is 278 g/mol. The molecular formula is C10H9BrCl2. The van der Waals surface area contributed by atoms with E-state index in [-0.39, 0.29) is 0 Å². The van der Waals surface area contributed by atoms with E-state index in [1.54, 1.807) is 6.07 Å². The Labute approximate surface area is 96.7 Å². The van der Waals surface area contributed by atoms with Crippen molar-refractivity contribution in [2.75, 3.05) is 0 Å². The van der Waals surface area contributed by atoms with Crippen molar-refractivity contribution >= 4 is 39.1 Å². The normalized spacial score (nSPS) is 10.1. The maximum atomic E-state index is 5.98. The van der Waals surface area contributed by atoms with E-state index in [2.05, 4.69) is 22.5 Å². The van der Waals surface area contributed by atoms with Crippen LogP contribution in [0.3, 0.4) is 0 Å². The molecule has 0 N–H and O–H groups in total. The highest BCUT2D eigenvalue weighted by atomic mass is 79.9. The van der Waals surface area contributed by atoms with Gasteiger partial charge in [0.2, 0.25) is 0 Å². The summed E-state index contributed by atoms with van der Waals surface area (Å²) in [6.45, 7) is 3.76. The fourth-order valence-corrected chi connectivity index (χ4v) is 1.61. The van der Waals surface area contributed by atoms with Gasteiger partial charge in [-0.1, -0.05) is 45.7 Å². The fourth-order valence-electron chi connectivity index (χ4n) is 1.01. The molecule has 1 aromatic rings. The smallest absolute Gasteiger partial charge is 0.0439 e. The Morgan fingerprint density at radius 3 is 2.69 bits per heavy atom. The first-order valence-electron chi connectivity index (χ1n) is 3.87. The second-order valence-electron chi connectivity index (χ2n) is 2.75. The Morgan fingerprint density at radius 1 is 1.38 bits per heavy atom. The molecule has 0 heterocycles. The largest absolute Gasteiger partial charge is 0.0888 e. The van der Waals surface area contributed by atoms with Crippen LogP contribution in [0, 0.1) is 0 Å². The Hall–Kier alpha value is 0.0200. The molecular weight excluding hydrogens is 271 g/mol. The Balaban J connectivity index is 2.75. The minimum atomic E-state index is 0.722. The lowest BCUT2D eigenvalue weighted by molar-refractivity contribution is 0.996. The van der Waals surface area contributed by atoms with E-state index in [9.17, 15) is 0 Å². The third-order valence-electron chi connectivity index (χ3n) is 1.67. The SMILES string of the molecule is C=C(Br)CCc1cc(Cl)ccc1Cl. The van der Waals surface area contributed by atoms with Crippen LogP contribution in [-0.4, -0.2) is 0 Å². The molecule has 0 fully saturated rings. The summed E-state index contributed by atoms with van der Waals surface area (Å²) in [5.41, 5.74) is 1.06. The zero-order valence-corrected chi connectivity index (χ0v) is 10.1. The topological polar surface area (TPSA) is 0 Å². The van der Waals surface area contributed by atoms with Crippen molar-refractivity contribution in [2.24, 2.45) is 0 Å². The third-order valence-corrected chi connectivity index (χ3v) is 2.67. The predicted octanol–water partition coefficient (Wildman–Crippen LogP) is 4.83. The van der Waals surface area contributed by atoms with Crippen LogP contribution in [0.2, 0.25) is 10.0 Å². The van der Waals surface area contributed by atoms with Crippen molar-refractivity contribution in [3.8, 4) is 0 Å². The molecule has 0 aliphatic rings. The number of hydrogen-bond acceptors (Lipinski definition) is 0. The maximum absolute atomic E-state index is 5.98. The summed E-state index contributed by atoms with van der Waals surface area (Å²) in [6.07, 6.45) is 1.74. The molecule has 1 rings (SSSR count). The summed E-state index contributed by atoms with van der Waals surface area (Å²) in [4.78, 5) is 0. The van der Waals surface area contributed by atoms with Crippen molar-refractivity contribution in [1.29, 1.82) is 0 Å². The average molecular weight is 280 g/mol. The molecule has 0 spiro atoms. The van der Waals surface area contributed by atoms with Crippen LogP contribution in [0.15, 0.2) is 29.3 Å². The highest BCUT2D eigenvalue weighted by Crippen LogP contribution is 2.23. The van der Waals surface area contributed by atoms with Gasteiger partial charge in [-0.15, -0.1) is 0 Å². The molecule has 13 heavy (non-hydrogen) atoms. The molecule has 70 valence electrons. The van der Waals surface area contributed by atoms with Crippen molar-refractivity contribution < 1.29 is 0 Å². The lowest BCUT2D eigenvalue weighted by atomic mass is 10.1. The number of halogens is 3. The Kier molecular flexibility index (Phi) is 4.30. The van der Waals surface area contributed by atoms with E-state index in [1.165, 1.54) is 0 Å². The summed E-state index contributed by atoms with van der Waals surface area (Å²) in [5, 5.41) is 1.48. The average Bonchev–Trinajstić information content (AvgIpc) is 2.06. The van der Waals surface area contributed by atoms with Gasteiger partial charge in [0.1, 0.15) is 0 Å². The number of benzene rings is 1. The van der Waals surface area contributed by atoms with Gasteiger partial charge >= 0.3 is 0 Å². The first-order valence-corrected chi connectivity index (χ1v) is 5.41. The van der Waals surface area contributed by atoms with Gasteiger partial charge < -0.3 is 0 Å². The first kappa shape index (κ1) is 11.1. The standard InChI is InChI=1S/C10H9BrCl2/c1-7(11)2-3-8-6-9(12)4-5-10(8)13/h4-6H,1-3H2. The summed E-state index contributed by atoms with van der Waals surface area (Å²) in [6, 6.07) is 5.49. The van der Waals surface area contributed by atoms with E-state index in [4.69, 9.17) is 23.2 Å². The van der Waals surface area contributed by atoms with Crippen molar-refractivity contribution in [3.05, 3.63) is 44.9 Å². The van der Waals surface area contributed by atoms with Gasteiger partial charge in [0, 0.05) is 10.0 Å². The maximum Gasteiger partial charge on any atom is 0.0439 e. The van der Waals surface area contributed by atoms with Gasteiger partial charge in [-0.05, 0) is 41.1 Å². The third kappa shape index (κ3) is 3.72. The number of rotatable bonds is 3. The lowest BCUT2D eigenvalue weighted by Crippen LogP contribution is -1.86. The summed E-state index contributed by atoms with van der Waals surface area (Å²) in [7, 11) is 0. The van der Waals surface area contributed by atoms with Gasteiger partial charge in [-0.25, -0.2) is 0 Å². The molecule has 0 amide bonds. The molecule has 0 saturated carbocycles. The van der Waals surface area contributed by atoms with Gasteiger partial charge in [0.25, 0.3) is 0 Å². The molecule has 0 aliphatic carbocycles. The fraction of sp³-hybridized carbons (Fsp3) is 0.200. The van der Waals surface area contributed by atoms with E-state index in [1.807, 2.05) is 12.1 Å². The molecule has 0 bridgehead atoms. The second kappa shape index (κ2) is 5.04. The lowest BCUT2D eigenvalue weighted by Gasteiger charge is -2.03. The number of aryl methyl sites for hydroxylation is 1. The van der Waals surface area contributed by atoms with Crippen molar-refractivity contribution in [1.82, 2.24) is 0 Å². The molecule has 0 nitrogen and oxygen atoms in total. The van der Waals surface area contributed by atoms with Gasteiger partial charge in [-0.2, -0.15) is 0 Å². The zero-order chi connectivity index (χ0) is 9.84. The van der Waals surface area contributed by atoms with Crippen LogP contribution in [0.4, 0.5) is 0 Å². The van der Waals surface area contributed by atoms with E-state index in [0.717, 1.165) is 32.9 Å². The van der Waals surface area contributed by atoms with Crippen LogP contribution < -0.4 is 0 Å². The molecule has 0 saturated heterocycles. The van der Waals surface area contributed by atoms with Crippen molar-refractivity contribution in [2.45, 2.75) is 12.8 Å². The molecule has 1 aromatic carbocycles. The van der Waals surface area contributed by atoms with Gasteiger partial charge in [-0.3, -0.25) is 0 Å². The minimum Gasteiger partial charge on any atom is -0.0888 e. The Morgan fingerprint density at radius 2 is 2.08 bits per heavy atom. The number of hydrogen-bond donors (Lipinski definition) is 0. The quantitative estimate of drug-likeness (QED) is 0.743. The van der Waals surface area contributed by atoms with Gasteiger partial charge in [0.05, 0.1) is 0 Å². The molecule has 0 unspecified atom stereocenters. The van der Waals surface area contributed by atoms with E-state index < -0.39 is 0 Å². The van der Waals surface area contributed by atoms with Crippen LogP contribution in [0.5, 0.6) is 0 Å². The van der Waals surface area contributed by atoms with Crippen LogP contribution in [0.25, 0.3) is 0 Å². The van der Waals surface area contributed by atoms with E-state index >= 15 is 0 Å². The van der Waals surface area contributed by atoms with Crippen LogP contribution in [0.1, 0.15) is 12.0 Å². The predicted molar refractivity (Wildman–Crippen MR) is 62.9 cm³/mol. The summed E-state index contributed by atoms with van der Waals surface area (Å²) in [5.74, 6) is 0. The van der Waals surface area contributed by atoms with Crippen molar-refractivity contribution in [3.63, 3.8) is 0 Å². The highest BCUT2D eigenvalue weighted by molar-refractivity contribution is 9.11. The molecule has 0 atom stereocenters. The van der Waals surface area contributed by atoms with Gasteiger partial charge in [0.15, 0.2) is 0 Å². The minimum absolute atomic E-state index is 0.722. The van der Waals surface area contributed by atoms with Crippen LogP contribution in [-0.2, 0) is 6.42 Å². The highest BCUT2D eigenvalue weighted by Gasteiger charge is 2.01.